The summed E-state index contributed by atoms with van der Waals surface area (Å²) in [6, 6.07) is 0.900. The molecule has 0 aliphatic carbocycles. The third kappa shape index (κ3) is 3.06. The highest BCUT2D eigenvalue weighted by molar-refractivity contribution is 9.10. The van der Waals surface area contributed by atoms with E-state index < -0.39 is 18.1 Å². The van der Waals surface area contributed by atoms with E-state index in [1.807, 2.05) is 11.4 Å². The van der Waals surface area contributed by atoms with Gasteiger partial charge in [-0.3, -0.25) is 4.79 Å². The van der Waals surface area contributed by atoms with Crippen molar-refractivity contribution in [2.75, 3.05) is 0 Å². The van der Waals surface area contributed by atoms with Gasteiger partial charge in [-0.1, -0.05) is 0 Å². The van der Waals surface area contributed by atoms with Crippen molar-refractivity contribution in [1.82, 2.24) is 0 Å². The maximum Gasteiger partial charge on any atom is 0.304 e. The van der Waals surface area contributed by atoms with Crippen molar-refractivity contribution in [3.05, 3.63) is 20.8 Å². The number of rotatable bonds is 4. The predicted molar refractivity (Wildman–Crippen MR) is 59.2 cm³/mol. The van der Waals surface area contributed by atoms with Crippen LogP contribution in [0.3, 0.4) is 0 Å². The summed E-state index contributed by atoms with van der Waals surface area (Å²) in [6.07, 6.45) is -0.114. The molecule has 0 amide bonds. The molecule has 0 aliphatic rings. The number of carbonyl (C=O) groups is 1. The van der Waals surface area contributed by atoms with E-state index in [9.17, 15) is 4.79 Å². The maximum atomic E-state index is 10.4. The molecule has 1 aromatic rings. The molecular formula is C8H11BrN2O2S. The summed E-state index contributed by atoms with van der Waals surface area (Å²) in [7, 11) is 0. The zero-order valence-corrected chi connectivity index (χ0v) is 9.72. The molecular weight excluding hydrogens is 268 g/mol. The van der Waals surface area contributed by atoms with Crippen molar-refractivity contribution < 1.29 is 9.90 Å². The second-order valence-corrected chi connectivity index (χ2v) is 4.81. The molecule has 1 aromatic heterocycles. The fraction of sp³-hybridized carbons (Fsp3) is 0.375. The summed E-state index contributed by atoms with van der Waals surface area (Å²) in [4.78, 5) is 11.3. The highest BCUT2D eigenvalue weighted by atomic mass is 79.9. The first-order valence-electron chi connectivity index (χ1n) is 3.97. The zero-order chi connectivity index (χ0) is 10.7. The van der Waals surface area contributed by atoms with Crippen molar-refractivity contribution in [2.24, 2.45) is 11.5 Å². The topological polar surface area (TPSA) is 89.3 Å². The van der Waals surface area contributed by atoms with Gasteiger partial charge in [-0.2, -0.15) is 0 Å². The van der Waals surface area contributed by atoms with E-state index in [0.29, 0.717) is 0 Å². The average Bonchev–Trinajstić information content (AvgIpc) is 2.49. The number of thiophene rings is 1. The van der Waals surface area contributed by atoms with Crippen LogP contribution in [0.25, 0.3) is 0 Å². The van der Waals surface area contributed by atoms with E-state index in [-0.39, 0.29) is 6.42 Å². The van der Waals surface area contributed by atoms with E-state index in [1.54, 1.807) is 0 Å². The molecule has 0 aliphatic heterocycles. The fourth-order valence-corrected chi connectivity index (χ4v) is 2.56. The zero-order valence-electron chi connectivity index (χ0n) is 7.31. The second-order valence-electron chi connectivity index (χ2n) is 2.95. The molecule has 0 saturated heterocycles. The molecule has 78 valence electrons. The Balaban J connectivity index is 2.65. The van der Waals surface area contributed by atoms with Gasteiger partial charge in [0.25, 0.3) is 0 Å². The molecule has 14 heavy (non-hydrogen) atoms. The van der Waals surface area contributed by atoms with Crippen LogP contribution in [0, 0.1) is 0 Å². The summed E-state index contributed by atoms with van der Waals surface area (Å²) >= 11 is 4.77. The number of nitrogens with two attached hydrogens (primary N) is 2. The Bertz CT molecular complexity index is 329. The quantitative estimate of drug-likeness (QED) is 0.775. The molecule has 0 bridgehead atoms. The molecule has 2 unspecified atom stereocenters. The lowest BCUT2D eigenvalue weighted by Crippen LogP contribution is -2.35. The molecule has 0 spiro atoms. The van der Waals surface area contributed by atoms with Crippen molar-refractivity contribution >= 4 is 33.2 Å². The Kier molecular flexibility index (Phi) is 4.06. The summed E-state index contributed by atoms with van der Waals surface area (Å²) in [5, 5.41) is 10.4. The van der Waals surface area contributed by atoms with Gasteiger partial charge in [-0.15, -0.1) is 11.3 Å². The first-order chi connectivity index (χ1) is 6.50. The highest BCUT2D eigenvalue weighted by Gasteiger charge is 2.19. The molecule has 0 radical (unpaired) electrons. The van der Waals surface area contributed by atoms with E-state index in [4.69, 9.17) is 16.6 Å². The lowest BCUT2D eigenvalue weighted by molar-refractivity contribution is -0.137. The van der Waals surface area contributed by atoms with Gasteiger partial charge in [0, 0.05) is 20.8 Å². The lowest BCUT2D eigenvalue weighted by Gasteiger charge is -2.16. The van der Waals surface area contributed by atoms with Crippen LogP contribution in [-0.2, 0) is 4.79 Å². The molecule has 0 fully saturated rings. The molecule has 1 heterocycles. The molecule has 2 atom stereocenters. The van der Waals surface area contributed by atoms with Gasteiger partial charge >= 0.3 is 5.97 Å². The predicted octanol–water partition coefficient (Wildman–Crippen LogP) is 1.31. The Labute approximate surface area is 94.0 Å². The number of carboxylic acid groups (broad SMARTS) is 1. The minimum Gasteiger partial charge on any atom is -0.481 e. The van der Waals surface area contributed by atoms with Crippen molar-refractivity contribution in [2.45, 2.75) is 18.5 Å². The second kappa shape index (κ2) is 4.88. The van der Waals surface area contributed by atoms with Gasteiger partial charge in [0.2, 0.25) is 0 Å². The van der Waals surface area contributed by atoms with Crippen molar-refractivity contribution in [1.29, 1.82) is 0 Å². The van der Waals surface area contributed by atoms with Gasteiger partial charge in [0.15, 0.2) is 0 Å². The Morgan fingerprint density at radius 3 is 2.71 bits per heavy atom. The smallest absolute Gasteiger partial charge is 0.304 e. The number of aliphatic carboxylic acids is 1. The minimum atomic E-state index is -0.927. The van der Waals surface area contributed by atoms with Crippen LogP contribution in [0.4, 0.5) is 0 Å². The Hall–Kier alpha value is -0.430. The van der Waals surface area contributed by atoms with Gasteiger partial charge in [0.1, 0.15) is 0 Å². The molecule has 5 N–H and O–H groups in total. The summed E-state index contributed by atoms with van der Waals surface area (Å²) < 4.78 is 0.940. The van der Waals surface area contributed by atoms with Crippen LogP contribution < -0.4 is 11.5 Å². The Morgan fingerprint density at radius 1 is 1.64 bits per heavy atom. The Morgan fingerprint density at radius 2 is 2.29 bits per heavy atom. The van der Waals surface area contributed by atoms with Crippen LogP contribution in [0.1, 0.15) is 17.3 Å². The largest absolute Gasteiger partial charge is 0.481 e. The fourth-order valence-electron chi connectivity index (χ4n) is 1.04. The van der Waals surface area contributed by atoms with Crippen molar-refractivity contribution in [3.8, 4) is 0 Å². The number of hydrogen-bond acceptors (Lipinski definition) is 4. The molecule has 0 aromatic carbocycles. The molecule has 6 heteroatoms. The SMILES string of the molecule is NC(CC(=O)O)C(N)c1cc(Br)cs1. The van der Waals surface area contributed by atoms with Gasteiger partial charge in [-0.25, -0.2) is 0 Å². The highest BCUT2D eigenvalue weighted by Crippen LogP contribution is 2.26. The molecule has 0 saturated carbocycles. The first kappa shape index (κ1) is 11.6. The van der Waals surface area contributed by atoms with E-state index in [2.05, 4.69) is 15.9 Å². The van der Waals surface area contributed by atoms with Crippen LogP contribution in [0.5, 0.6) is 0 Å². The number of carboxylic acids is 1. The first-order valence-corrected chi connectivity index (χ1v) is 5.65. The molecule has 1 rings (SSSR count). The monoisotopic (exact) mass is 278 g/mol. The summed E-state index contributed by atoms with van der Waals surface area (Å²) in [5.74, 6) is -0.927. The van der Waals surface area contributed by atoms with Crippen LogP contribution in [-0.4, -0.2) is 17.1 Å². The maximum absolute atomic E-state index is 10.4. The van der Waals surface area contributed by atoms with Gasteiger partial charge in [0.05, 0.1) is 12.5 Å². The number of halogens is 1. The number of hydrogen-bond donors (Lipinski definition) is 3. The van der Waals surface area contributed by atoms with E-state index >= 15 is 0 Å². The third-order valence-electron chi connectivity index (χ3n) is 1.79. The van der Waals surface area contributed by atoms with Crippen LogP contribution >= 0.6 is 27.3 Å². The lowest BCUT2D eigenvalue weighted by atomic mass is 10.1. The molecule has 4 nitrogen and oxygen atoms in total. The van der Waals surface area contributed by atoms with Gasteiger partial charge < -0.3 is 16.6 Å². The van der Waals surface area contributed by atoms with Crippen molar-refractivity contribution in [3.63, 3.8) is 0 Å². The van der Waals surface area contributed by atoms with E-state index in [1.165, 1.54) is 11.3 Å². The summed E-state index contributed by atoms with van der Waals surface area (Å²) in [5.41, 5.74) is 11.4. The normalized spacial score (nSPS) is 15.1. The van der Waals surface area contributed by atoms with Crippen LogP contribution in [0.2, 0.25) is 0 Å². The summed E-state index contributed by atoms with van der Waals surface area (Å²) in [6.45, 7) is 0. The third-order valence-corrected chi connectivity index (χ3v) is 3.58. The average molecular weight is 279 g/mol. The van der Waals surface area contributed by atoms with Crippen LogP contribution in [0.15, 0.2) is 15.9 Å². The van der Waals surface area contributed by atoms with Gasteiger partial charge in [-0.05, 0) is 22.0 Å². The van der Waals surface area contributed by atoms with E-state index in [0.717, 1.165) is 9.35 Å². The minimum absolute atomic E-state index is 0.114. The standard InChI is InChI=1S/C8H11BrN2O2S/c9-4-1-6(14-3-4)8(11)5(10)2-7(12)13/h1,3,5,8H,2,10-11H2,(H,12,13).